The fourth-order valence-corrected chi connectivity index (χ4v) is 3.26. The van der Waals surface area contributed by atoms with Gasteiger partial charge in [0.1, 0.15) is 14.1 Å². The molecule has 1 aromatic carbocycles. The lowest BCUT2D eigenvalue weighted by molar-refractivity contribution is -0.143. The van der Waals surface area contributed by atoms with Crippen LogP contribution in [0.3, 0.4) is 0 Å². The summed E-state index contributed by atoms with van der Waals surface area (Å²) in [6, 6.07) is -0.325. The number of amides is 2. The fraction of sp³-hybridized carbons (Fsp3) is 0.524. The van der Waals surface area contributed by atoms with Crippen molar-refractivity contribution < 1.29 is 35.9 Å². The highest BCUT2D eigenvalue weighted by molar-refractivity contribution is 6.87. The Kier molecular flexibility index (Phi) is 8.23. The van der Waals surface area contributed by atoms with Crippen molar-refractivity contribution in [1.29, 1.82) is 0 Å². The van der Waals surface area contributed by atoms with Crippen molar-refractivity contribution in [2.75, 3.05) is 0 Å². The minimum atomic E-state index is -5.03. The molecule has 0 spiro atoms. The summed E-state index contributed by atoms with van der Waals surface area (Å²) in [5.41, 5.74) is 4.85. The zero-order valence-corrected chi connectivity index (χ0v) is 19.4. The molecule has 0 aliphatic carbocycles. The Morgan fingerprint density at radius 2 is 1.47 bits per heavy atom. The van der Waals surface area contributed by atoms with Gasteiger partial charge in [0, 0.05) is 6.42 Å². The minimum Gasteiger partial charge on any atom is -0.368 e. The number of nitrogens with two attached hydrogens (primary N) is 1. The maximum absolute atomic E-state index is 13.0. The molecule has 0 saturated carbocycles. The fourth-order valence-electron chi connectivity index (χ4n) is 2.34. The Balaban J connectivity index is 3.05. The summed E-state index contributed by atoms with van der Waals surface area (Å²) in [4.78, 5) is 23.9. The number of nitrogens with one attached hydrogen (secondary N) is 1. The average Bonchev–Trinajstić information content (AvgIpc) is 2.57. The molecule has 32 heavy (non-hydrogen) atoms. The average molecular weight is 481 g/mol. The number of carbonyl (C=O) groups excluding carboxylic acids is 2. The normalized spacial score (nSPS) is 13.7. The van der Waals surface area contributed by atoms with Crippen LogP contribution in [0.25, 0.3) is 0 Å². The molecule has 0 aliphatic rings. The molecule has 0 aliphatic heterocycles. The first-order valence-corrected chi connectivity index (χ1v) is 12.6. The number of benzene rings is 1. The van der Waals surface area contributed by atoms with Crippen molar-refractivity contribution in [2.45, 2.75) is 70.1 Å². The van der Waals surface area contributed by atoms with Crippen LogP contribution in [0, 0.1) is 11.5 Å². The van der Waals surface area contributed by atoms with Gasteiger partial charge in [-0.3, -0.25) is 9.59 Å². The van der Waals surface area contributed by atoms with Crippen LogP contribution in [0.2, 0.25) is 18.1 Å². The molecule has 0 aromatic heterocycles. The third kappa shape index (κ3) is 7.89. The van der Waals surface area contributed by atoms with Gasteiger partial charge in [0.2, 0.25) is 11.8 Å². The second-order valence-corrected chi connectivity index (χ2v) is 14.0. The van der Waals surface area contributed by atoms with Crippen molar-refractivity contribution in [3.8, 4) is 11.5 Å². The van der Waals surface area contributed by atoms with E-state index >= 15 is 0 Å². The summed E-state index contributed by atoms with van der Waals surface area (Å²) in [5.74, 6) is 0.977. The summed E-state index contributed by atoms with van der Waals surface area (Å²) in [7, 11) is -1.99. The molecule has 0 heterocycles. The maximum atomic E-state index is 13.0. The second-order valence-electron chi connectivity index (χ2n) is 8.99. The van der Waals surface area contributed by atoms with Crippen molar-refractivity contribution in [1.82, 2.24) is 5.32 Å². The van der Waals surface area contributed by atoms with E-state index in [0.717, 1.165) is 0 Å². The monoisotopic (exact) mass is 480 g/mol. The van der Waals surface area contributed by atoms with Crippen LogP contribution in [0.1, 0.15) is 43.9 Å². The van der Waals surface area contributed by atoms with Gasteiger partial charge in [0.05, 0.1) is 17.5 Å². The van der Waals surface area contributed by atoms with Gasteiger partial charge in [-0.15, -0.1) is 11.5 Å². The van der Waals surface area contributed by atoms with Crippen molar-refractivity contribution in [3.63, 3.8) is 0 Å². The molecule has 1 atom stereocenters. The third-order valence-electron chi connectivity index (χ3n) is 5.27. The van der Waals surface area contributed by atoms with E-state index in [4.69, 9.17) is 5.73 Å². The van der Waals surface area contributed by atoms with Gasteiger partial charge in [0.25, 0.3) is 0 Å². The van der Waals surface area contributed by atoms with Gasteiger partial charge < -0.3 is 11.1 Å². The zero-order chi connectivity index (χ0) is 25.1. The first kappa shape index (κ1) is 27.6. The molecule has 11 heteroatoms. The lowest BCUT2D eigenvalue weighted by Crippen LogP contribution is -2.45. The molecule has 2 amide bonds. The Labute approximate surface area is 183 Å². The number of halogens is 6. The molecule has 1 rings (SSSR count). The van der Waals surface area contributed by atoms with Crippen LogP contribution >= 0.6 is 0 Å². The Morgan fingerprint density at radius 3 is 1.84 bits per heavy atom. The van der Waals surface area contributed by atoms with Crippen molar-refractivity contribution >= 4 is 19.9 Å². The van der Waals surface area contributed by atoms with E-state index in [9.17, 15) is 35.9 Å². The molecular formula is C21H26F6N2O2Si. The van der Waals surface area contributed by atoms with E-state index in [1.54, 1.807) is 0 Å². The van der Waals surface area contributed by atoms with Crippen LogP contribution in [0.4, 0.5) is 26.3 Å². The lowest BCUT2D eigenvalue weighted by Gasteiger charge is -2.31. The van der Waals surface area contributed by atoms with Crippen LogP contribution < -0.4 is 11.1 Å². The highest BCUT2D eigenvalue weighted by Crippen LogP contribution is 2.37. The number of primary amides is 1. The van der Waals surface area contributed by atoms with E-state index in [-0.39, 0.29) is 17.5 Å². The summed E-state index contributed by atoms with van der Waals surface area (Å²) in [5, 5.41) is 2.19. The summed E-state index contributed by atoms with van der Waals surface area (Å²) < 4.78 is 77.8. The van der Waals surface area contributed by atoms with Crippen LogP contribution in [0.15, 0.2) is 18.2 Å². The van der Waals surface area contributed by atoms with Gasteiger partial charge in [0.15, 0.2) is 0 Å². The summed E-state index contributed by atoms with van der Waals surface area (Å²) in [6.07, 6.45) is -11.0. The Bertz CT molecular complexity index is 889. The zero-order valence-electron chi connectivity index (χ0n) is 18.4. The Hall–Kier alpha value is -2.48. The smallest absolute Gasteiger partial charge is 0.368 e. The van der Waals surface area contributed by atoms with Crippen molar-refractivity contribution in [3.05, 3.63) is 34.9 Å². The topological polar surface area (TPSA) is 72.2 Å². The number of hydrogen-bond donors (Lipinski definition) is 2. The molecule has 0 radical (unpaired) electrons. The minimum absolute atomic E-state index is 0.0237. The number of alkyl halides is 6. The number of rotatable bonds is 5. The highest BCUT2D eigenvalue weighted by Gasteiger charge is 2.37. The SMILES string of the molecule is CC(C)(C)[Si](C)(C)C#CC[C@H](NC(=O)Cc1cc(C(F)(F)F)cc(C(F)(F)F)c1)C(N)=O. The predicted molar refractivity (Wildman–Crippen MR) is 111 cm³/mol. The predicted octanol–water partition coefficient (Wildman–Crippen LogP) is 4.68. The van der Waals surface area contributed by atoms with Gasteiger partial charge in [-0.2, -0.15) is 26.3 Å². The van der Waals surface area contributed by atoms with E-state index < -0.39 is 61.4 Å². The largest absolute Gasteiger partial charge is 0.416 e. The summed E-state index contributed by atoms with van der Waals surface area (Å²) in [6.45, 7) is 10.2. The van der Waals surface area contributed by atoms with Crippen LogP contribution in [-0.4, -0.2) is 25.9 Å². The third-order valence-corrected chi connectivity index (χ3v) is 9.82. The standard InChI is InChI=1S/C21H26F6N2O2Si/c1-19(2,3)32(4,5)8-6-7-16(18(28)31)29-17(30)11-13-9-14(20(22,23)24)12-15(10-13)21(25,26)27/h9-10,12,16H,7,11H2,1-5H3,(H2,28,31)(H,29,30)/t16-/m0/s1. The van der Waals surface area contributed by atoms with Gasteiger partial charge in [-0.1, -0.05) is 33.9 Å². The Morgan fingerprint density at radius 1 is 1.00 bits per heavy atom. The molecule has 3 N–H and O–H groups in total. The van der Waals surface area contributed by atoms with Crippen LogP contribution in [0.5, 0.6) is 0 Å². The molecular weight excluding hydrogens is 454 g/mol. The van der Waals surface area contributed by atoms with E-state index in [2.05, 4.69) is 16.8 Å². The molecule has 0 bridgehead atoms. The molecule has 0 saturated heterocycles. The quantitative estimate of drug-likeness (QED) is 0.365. The van der Waals surface area contributed by atoms with Gasteiger partial charge in [-0.25, -0.2) is 0 Å². The van der Waals surface area contributed by atoms with Crippen molar-refractivity contribution in [2.24, 2.45) is 5.73 Å². The van der Waals surface area contributed by atoms with Gasteiger partial charge >= 0.3 is 12.4 Å². The van der Waals surface area contributed by atoms with Gasteiger partial charge in [-0.05, 0) is 28.8 Å². The second kappa shape index (κ2) is 9.56. The number of hydrogen-bond acceptors (Lipinski definition) is 2. The first-order valence-electron chi connectivity index (χ1n) is 9.61. The maximum Gasteiger partial charge on any atom is 0.416 e. The molecule has 0 unspecified atom stereocenters. The number of carbonyl (C=O) groups is 2. The lowest BCUT2D eigenvalue weighted by atomic mass is 10.0. The van der Waals surface area contributed by atoms with E-state index in [1.807, 2.05) is 33.9 Å². The molecule has 1 aromatic rings. The molecule has 0 fully saturated rings. The van der Waals surface area contributed by atoms with E-state index in [1.165, 1.54) is 0 Å². The first-order chi connectivity index (χ1) is 14.2. The summed E-state index contributed by atoms with van der Waals surface area (Å²) >= 11 is 0. The highest BCUT2D eigenvalue weighted by atomic mass is 28.3. The molecule has 4 nitrogen and oxygen atoms in total. The van der Waals surface area contributed by atoms with Crippen LogP contribution in [-0.2, 0) is 28.4 Å². The molecule has 178 valence electrons. The van der Waals surface area contributed by atoms with E-state index in [0.29, 0.717) is 12.1 Å².